The Bertz CT molecular complexity index is 491. The molecule has 1 saturated carbocycles. The van der Waals surface area contributed by atoms with Crippen LogP contribution in [0, 0.1) is 0 Å². The van der Waals surface area contributed by atoms with E-state index in [1.165, 1.54) is 37.0 Å². The van der Waals surface area contributed by atoms with E-state index in [1.807, 2.05) is 11.3 Å². The fraction of sp³-hybridized carbons (Fsp3) is 0.737. The van der Waals surface area contributed by atoms with E-state index in [0.717, 1.165) is 25.6 Å². The zero-order valence-electron chi connectivity index (χ0n) is 16.1. The predicted octanol–water partition coefficient (Wildman–Crippen LogP) is 3.79. The van der Waals surface area contributed by atoms with Crippen LogP contribution in [-0.4, -0.2) is 52.5 Å². The van der Waals surface area contributed by atoms with Crippen molar-refractivity contribution in [2.75, 3.05) is 46.6 Å². The Balaban J connectivity index is 0.00000338. The Morgan fingerprint density at radius 1 is 1.19 bits per heavy atom. The highest BCUT2D eigenvalue weighted by molar-refractivity contribution is 14.0. The average Bonchev–Trinajstić information content (AvgIpc) is 3.19. The summed E-state index contributed by atoms with van der Waals surface area (Å²) in [5.74, 6) is 0.888. The van der Waals surface area contributed by atoms with E-state index < -0.39 is 0 Å². The minimum Gasteiger partial charge on any atom is -0.382 e. The molecular weight excluding hydrogens is 461 g/mol. The Kier molecular flexibility index (Phi) is 12.5. The molecule has 0 unspecified atom stereocenters. The molecule has 0 amide bonds. The first-order valence-electron chi connectivity index (χ1n) is 9.43. The van der Waals surface area contributed by atoms with Crippen molar-refractivity contribution in [2.45, 2.75) is 44.4 Å². The number of hydrogen-bond donors (Lipinski definition) is 2. The van der Waals surface area contributed by atoms with E-state index in [2.05, 4.69) is 35.1 Å². The lowest BCUT2D eigenvalue weighted by Crippen LogP contribution is -2.41. The van der Waals surface area contributed by atoms with Crippen molar-refractivity contribution in [3.63, 3.8) is 0 Å². The zero-order chi connectivity index (χ0) is 17.8. The van der Waals surface area contributed by atoms with Crippen LogP contribution in [0.5, 0.6) is 0 Å². The highest BCUT2D eigenvalue weighted by Gasteiger charge is 2.34. The van der Waals surface area contributed by atoms with Gasteiger partial charge in [-0.3, -0.25) is 4.99 Å². The largest absolute Gasteiger partial charge is 0.382 e. The molecule has 0 aliphatic heterocycles. The van der Waals surface area contributed by atoms with Crippen LogP contribution in [0.2, 0.25) is 0 Å². The lowest BCUT2D eigenvalue weighted by Gasteiger charge is -2.35. The van der Waals surface area contributed by atoms with E-state index in [1.54, 1.807) is 7.11 Å². The number of guanidine groups is 1. The van der Waals surface area contributed by atoms with Gasteiger partial charge in [-0.05, 0) is 31.2 Å². The van der Waals surface area contributed by atoms with Crippen LogP contribution in [-0.2, 0) is 14.9 Å². The molecule has 0 atom stereocenters. The maximum atomic E-state index is 5.51. The normalized spacial score (nSPS) is 16.8. The van der Waals surface area contributed by atoms with Gasteiger partial charge >= 0.3 is 0 Å². The Morgan fingerprint density at radius 2 is 2.00 bits per heavy atom. The average molecular weight is 495 g/mol. The molecule has 0 spiro atoms. The Labute approximate surface area is 179 Å². The minimum absolute atomic E-state index is 0. The highest BCUT2D eigenvalue weighted by atomic mass is 127. The van der Waals surface area contributed by atoms with Crippen molar-refractivity contribution < 1.29 is 9.47 Å². The number of nitrogens with zero attached hydrogens (tertiary/aromatic N) is 1. The van der Waals surface area contributed by atoms with Gasteiger partial charge in [0.1, 0.15) is 0 Å². The molecule has 1 aromatic heterocycles. The van der Waals surface area contributed by atoms with Gasteiger partial charge in [0.05, 0.1) is 26.4 Å². The van der Waals surface area contributed by atoms with Crippen LogP contribution in [0.1, 0.15) is 43.9 Å². The molecular formula is C19H34IN3O2S. The topological polar surface area (TPSA) is 54.9 Å². The summed E-state index contributed by atoms with van der Waals surface area (Å²) in [6, 6.07) is 4.45. The van der Waals surface area contributed by atoms with Gasteiger partial charge in [0.2, 0.25) is 0 Å². The molecule has 2 N–H and O–H groups in total. The molecule has 1 aliphatic rings. The summed E-state index contributed by atoms with van der Waals surface area (Å²) in [6.07, 6.45) is 6.47. The maximum Gasteiger partial charge on any atom is 0.191 e. The molecule has 1 fully saturated rings. The standard InChI is InChI=1S/C19H33N3O2S.HI/c1-3-20-18(21-11-12-24-14-13-23-2)22-16-19(9-5-4-6-10-19)17-8-7-15-25-17;/h7-8,15H,3-6,9-14,16H2,1-2H3,(H2,20,21,22);1H. The summed E-state index contributed by atoms with van der Waals surface area (Å²) in [5.41, 5.74) is 0.226. The van der Waals surface area contributed by atoms with Crippen LogP contribution in [0.3, 0.4) is 0 Å². The van der Waals surface area contributed by atoms with Gasteiger partial charge in [-0.15, -0.1) is 35.3 Å². The van der Waals surface area contributed by atoms with Gasteiger partial charge < -0.3 is 20.1 Å². The quantitative estimate of drug-likeness (QED) is 0.225. The van der Waals surface area contributed by atoms with Gasteiger partial charge in [-0.1, -0.05) is 25.3 Å². The van der Waals surface area contributed by atoms with Crippen molar-refractivity contribution >= 4 is 41.3 Å². The first-order chi connectivity index (χ1) is 12.3. The summed E-state index contributed by atoms with van der Waals surface area (Å²) < 4.78 is 10.5. The number of hydrogen-bond acceptors (Lipinski definition) is 4. The van der Waals surface area contributed by atoms with E-state index >= 15 is 0 Å². The van der Waals surface area contributed by atoms with Gasteiger partial charge in [0, 0.05) is 30.5 Å². The second-order valence-corrected chi connectivity index (χ2v) is 7.49. The smallest absolute Gasteiger partial charge is 0.191 e. The first kappa shape index (κ1) is 23.7. The van der Waals surface area contributed by atoms with Gasteiger partial charge in [-0.25, -0.2) is 0 Å². The molecule has 0 aromatic carbocycles. The summed E-state index contributed by atoms with van der Waals surface area (Å²) in [6.45, 7) is 6.49. The Hall–Kier alpha value is -0.380. The van der Waals surface area contributed by atoms with Crippen molar-refractivity contribution in [2.24, 2.45) is 4.99 Å². The fourth-order valence-corrected chi connectivity index (χ4v) is 4.33. The SMILES string of the molecule is CCNC(=NCC1(c2cccs2)CCCCC1)NCCOCCOC.I. The maximum absolute atomic E-state index is 5.51. The second-order valence-electron chi connectivity index (χ2n) is 6.55. The number of halogens is 1. The Morgan fingerprint density at radius 3 is 2.65 bits per heavy atom. The zero-order valence-corrected chi connectivity index (χ0v) is 19.2. The molecule has 150 valence electrons. The molecule has 0 saturated heterocycles. The molecule has 0 bridgehead atoms. The molecule has 5 nitrogen and oxygen atoms in total. The van der Waals surface area contributed by atoms with Crippen LogP contribution >= 0.6 is 35.3 Å². The van der Waals surface area contributed by atoms with Crippen LogP contribution in [0.25, 0.3) is 0 Å². The summed E-state index contributed by atoms with van der Waals surface area (Å²) in [5, 5.41) is 8.92. The number of thiophene rings is 1. The molecule has 1 aliphatic carbocycles. The van der Waals surface area contributed by atoms with E-state index in [0.29, 0.717) is 19.8 Å². The summed E-state index contributed by atoms with van der Waals surface area (Å²) in [4.78, 5) is 6.42. The number of rotatable bonds is 10. The van der Waals surface area contributed by atoms with Gasteiger partial charge in [0.15, 0.2) is 5.96 Å². The van der Waals surface area contributed by atoms with Crippen molar-refractivity contribution in [3.05, 3.63) is 22.4 Å². The van der Waals surface area contributed by atoms with Crippen LogP contribution in [0.4, 0.5) is 0 Å². The fourth-order valence-electron chi connectivity index (χ4n) is 3.35. The molecule has 2 rings (SSSR count). The number of aliphatic imine (C=N–C) groups is 1. The molecule has 7 heteroatoms. The van der Waals surface area contributed by atoms with Crippen molar-refractivity contribution in [1.29, 1.82) is 0 Å². The molecule has 1 aromatic rings. The summed E-state index contributed by atoms with van der Waals surface area (Å²) >= 11 is 1.88. The van der Waals surface area contributed by atoms with Gasteiger partial charge in [-0.2, -0.15) is 0 Å². The minimum atomic E-state index is 0. The van der Waals surface area contributed by atoms with Crippen molar-refractivity contribution in [1.82, 2.24) is 10.6 Å². The highest BCUT2D eigenvalue weighted by Crippen LogP contribution is 2.41. The third-order valence-corrected chi connectivity index (χ3v) is 5.83. The lowest BCUT2D eigenvalue weighted by atomic mass is 9.73. The predicted molar refractivity (Wildman–Crippen MR) is 121 cm³/mol. The van der Waals surface area contributed by atoms with Crippen molar-refractivity contribution in [3.8, 4) is 0 Å². The first-order valence-corrected chi connectivity index (χ1v) is 10.3. The molecule has 26 heavy (non-hydrogen) atoms. The number of methoxy groups -OCH3 is 1. The third-order valence-electron chi connectivity index (χ3n) is 4.71. The van der Waals surface area contributed by atoms with Crippen LogP contribution in [0.15, 0.2) is 22.5 Å². The third kappa shape index (κ3) is 7.70. The number of ether oxygens (including phenoxy) is 2. The molecule has 0 radical (unpaired) electrons. The van der Waals surface area contributed by atoms with E-state index in [9.17, 15) is 0 Å². The lowest BCUT2D eigenvalue weighted by molar-refractivity contribution is 0.0733. The monoisotopic (exact) mass is 495 g/mol. The summed E-state index contributed by atoms with van der Waals surface area (Å²) in [7, 11) is 1.69. The molecule has 1 heterocycles. The number of nitrogens with one attached hydrogen (secondary N) is 2. The van der Waals surface area contributed by atoms with E-state index in [4.69, 9.17) is 14.5 Å². The van der Waals surface area contributed by atoms with Crippen LogP contribution < -0.4 is 10.6 Å². The van der Waals surface area contributed by atoms with E-state index in [-0.39, 0.29) is 29.4 Å². The van der Waals surface area contributed by atoms with Gasteiger partial charge in [0.25, 0.3) is 0 Å². The second kappa shape index (κ2) is 13.7.